The van der Waals surface area contributed by atoms with Crippen molar-refractivity contribution in [3.63, 3.8) is 0 Å². The van der Waals surface area contributed by atoms with E-state index in [-0.39, 0.29) is 6.71 Å². The van der Waals surface area contributed by atoms with Gasteiger partial charge in [0.2, 0.25) is 0 Å². The fourth-order valence-corrected chi connectivity index (χ4v) is 13.4. The van der Waals surface area contributed by atoms with Crippen molar-refractivity contribution in [2.75, 3.05) is 9.80 Å². The van der Waals surface area contributed by atoms with Crippen LogP contribution < -0.4 is 35.7 Å². The molecule has 11 aromatic carbocycles. The Morgan fingerprint density at radius 3 is 1.10 bits per heavy atom. The van der Waals surface area contributed by atoms with E-state index in [1.165, 1.54) is 72.8 Å². The topological polar surface area (TPSA) is 24.9 Å². The van der Waals surface area contributed by atoms with E-state index in [4.69, 9.17) is 9.47 Å². The fourth-order valence-electron chi connectivity index (χ4n) is 11.1. The molecule has 0 amide bonds. The van der Waals surface area contributed by atoms with Crippen LogP contribution in [0.15, 0.2) is 218 Å². The van der Waals surface area contributed by atoms with Gasteiger partial charge in [0, 0.05) is 79.9 Å². The summed E-state index contributed by atoms with van der Waals surface area (Å²) in [5.74, 6) is 3.55. The maximum absolute atomic E-state index is 6.94. The molecule has 0 bridgehead atoms. The molecule has 0 radical (unpaired) electrons. The normalized spacial score (nSPS) is 12.6. The molecule has 0 atom stereocenters. The molecule has 70 heavy (non-hydrogen) atoms. The van der Waals surface area contributed by atoms with Crippen molar-refractivity contribution in [2.24, 2.45) is 0 Å². The molecule has 2 aliphatic heterocycles. The Balaban J connectivity index is 0.852. The van der Waals surface area contributed by atoms with Crippen LogP contribution >= 0.6 is 22.7 Å². The first-order valence-electron chi connectivity index (χ1n) is 23.7. The van der Waals surface area contributed by atoms with Crippen molar-refractivity contribution in [3.05, 3.63) is 224 Å². The highest BCUT2D eigenvalue weighted by atomic mass is 32.1. The van der Waals surface area contributed by atoms with Crippen molar-refractivity contribution in [2.45, 2.75) is 6.92 Å². The monoisotopic (exact) mass is 930 g/mol. The maximum atomic E-state index is 6.94. The molecule has 4 nitrogen and oxygen atoms in total. The Hall–Kier alpha value is -8.36. The lowest BCUT2D eigenvalue weighted by Crippen LogP contribution is -2.57. The molecule has 328 valence electrons. The van der Waals surface area contributed by atoms with E-state index in [9.17, 15) is 0 Å². The van der Waals surface area contributed by atoms with Gasteiger partial charge in [-0.1, -0.05) is 84.9 Å². The Morgan fingerprint density at radius 2 is 0.700 bits per heavy atom. The van der Waals surface area contributed by atoms with Crippen molar-refractivity contribution in [1.29, 1.82) is 0 Å². The number of hydrogen-bond donors (Lipinski definition) is 0. The molecule has 4 heterocycles. The quantitative estimate of drug-likeness (QED) is 0.155. The van der Waals surface area contributed by atoms with Crippen molar-refractivity contribution < 1.29 is 9.47 Å². The van der Waals surface area contributed by atoms with Crippen LogP contribution in [0.4, 0.5) is 34.1 Å². The Morgan fingerprint density at radius 1 is 0.329 bits per heavy atom. The van der Waals surface area contributed by atoms with Crippen LogP contribution in [0, 0.1) is 6.92 Å². The van der Waals surface area contributed by atoms with Gasteiger partial charge in [0.25, 0.3) is 6.71 Å². The molecule has 0 aliphatic carbocycles. The number of thiophene rings is 2. The predicted molar refractivity (Wildman–Crippen MR) is 299 cm³/mol. The lowest BCUT2D eigenvalue weighted by atomic mass is 9.35. The molecule has 13 aromatic rings. The van der Waals surface area contributed by atoms with Crippen LogP contribution in [0.25, 0.3) is 61.9 Å². The first kappa shape index (κ1) is 39.6. The molecule has 0 spiro atoms. The number of nitrogens with zero attached hydrogens (tertiary/aromatic N) is 2. The molecule has 0 saturated carbocycles. The SMILES string of the molecule is Cc1cc2c3c(c1)Oc1cc4c(cc1B3c1cc3sc5cc6cc(N(c7ccccc7)c7ccccc7)ccc6cc5c3cc1O2)sc1cc2cc(N(c3ccccc3)c3ccccc3)ccc2cc14. The van der Waals surface area contributed by atoms with Gasteiger partial charge in [-0.3, -0.25) is 0 Å². The zero-order valence-corrected chi connectivity index (χ0v) is 39.5. The second kappa shape index (κ2) is 15.3. The molecule has 15 rings (SSSR count). The highest BCUT2D eigenvalue weighted by molar-refractivity contribution is 7.26. The van der Waals surface area contributed by atoms with Crippen LogP contribution in [0.3, 0.4) is 0 Å². The second-order valence-corrected chi connectivity index (χ2v) is 20.7. The van der Waals surface area contributed by atoms with Gasteiger partial charge in [0.1, 0.15) is 23.0 Å². The molecule has 2 aliphatic rings. The third-order valence-electron chi connectivity index (χ3n) is 14.3. The molecule has 7 heteroatoms. The molecule has 0 unspecified atom stereocenters. The molecule has 0 saturated heterocycles. The van der Waals surface area contributed by atoms with Crippen LogP contribution in [0.1, 0.15) is 5.56 Å². The number of ether oxygens (including phenoxy) is 2. The summed E-state index contributed by atoms with van der Waals surface area (Å²) >= 11 is 3.72. The number of fused-ring (bicyclic) bond motifs is 12. The Bertz CT molecular complexity index is 3920. The van der Waals surface area contributed by atoms with Gasteiger partial charge in [-0.25, -0.2) is 0 Å². The average Bonchev–Trinajstić information content (AvgIpc) is 3.92. The standard InChI is InChI=1S/C63H39BN2O2S2/c1-38-26-57-63-58(27-38)68-56-35-52-50-31-40-23-25-48(66(45-18-10-4-11-19-45)46-20-12-5-13-21-46)29-42(40)33-60(50)70-62(52)37-54(56)64(63)53-36-61-51(34-55(53)67-57)49-30-39-22-24-47(28-41(39)32-59(49)69-61)65(43-14-6-2-7-15-43)44-16-8-3-9-17-44/h2-37H,1H3. The highest BCUT2D eigenvalue weighted by Gasteiger charge is 2.41. The summed E-state index contributed by atoms with van der Waals surface area (Å²) in [6.07, 6.45) is 0. The minimum Gasteiger partial charge on any atom is -0.458 e. The first-order valence-corrected chi connectivity index (χ1v) is 25.4. The van der Waals surface area contributed by atoms with Crippen LogP contribution in [-0.2, 0) is 0 Å². The zero-order chi connectivity index (χ0) is 46.0. The first-order chi connectivity index (χ1) is 34.5. The van der Waals surface area contributed by atoms with E-state index < -0.39 is 0 Å². The predicted octanol–water partition coefficient (Wildman–Crippen LogP) is 16.7. The van der Waals surface area contributed by atoms with Gasteiger partial charge in [0.15, 0.2) is 0 Å². The molecular weight excluding hydrogens is 892 g/mol. The van der Waals surface area contributed by atoms with Gasteiger partial charge in [-0.05, 0) is 178 Å². The van der Waals surface area contributed by atoms with Gasteiger partial charge in [-0.2, -0.15) is 0 Å². The minimum atomic E-state index is -0.0468. The number of anilines is 6. The number of benzene rings is 11. The number of aryl methyl sites for hydroxylation is 1. The van der Waals surface area contributed by atoms with Gasteiger partial charge >= 0.3 is 0 Å². The van der Waals surface area contributed by atoms with Gasteiger partial charge in [0.05, 0.1) is 0 Å². The van der Waals surface area contributed by atoms with Crippen molar-refractivity contribution in [3.8, 4) is 23.0 Å². The van der Waals surface area contributed by atoms with E-state index >= 15 is 0 Å². The number of rotatable bonds is 6. The third kappa shape index (κ3) is 6.22. The molecule has 0 N–H and O–H groups in total. The lowest BCUT2D eigenvalue weighted by molar-refractivity contribution is 0.464. The molecule has 2 aromatic heterocycles. The minimum absolute atomic E-state index is 0.0468. The Kier molecular flexibility index (Phi) is 8.68. The van der Waals surface area contributed by atoms with Gasteiger partial charge in [-0.15, -0.1) is 22.7 Å². The number of para-hydroxylation sites is 4. The summed E-state index contributed by atoms with van der Waals surface area (Å²) in [5.41, 5.74) is 11.3. The largest absolute Gasteiger partial charge is 0.458 e. The summed E-state index contributed by atoms with van der Waals surface area (Å²) in [7, 11) is 0. The zero-order valence-electron chi connectivity index (χ0n) is 37.9. The van der Waals surface area contributed by atoms with E-state index in [1.807, 2.05) is 22.7 Å². The van der Waals surface area contributed by atoms with E-state index in [1.54, 1.807) is 0 Å². The maximum Gasteiger partial charge on any atom is 0.260 e. The molecular formula is C63H39BN2O2S2. The summed E-state index contributed by atoms with van der Waals surface area (Å²) in [4.78, 5) is 4.66. The summed E-state index contributed by atoms with van der Waals surface area (Å²) in [6, 6.07) is 79.3. The van der Waals surface area contributed by atoms with Crippen molar-refractivity contribution in [1.82, 2.24) is 0 Å². The van der Waals surface area contributed by atoms with Gasteiger partial charge < -0.3 is 19.3 Å². The number of hydrogen-bond acceptors (Lipinski definition) is 6. The molecule has 0 fully saturated rings. The third-order valence-corrected chi connectivity index (χ3v) is 16.5. The van der Waals surface area contributed by atoms with Crippen LogP contribution in [-0.4, -0.2) is 6.71 Å². The van der Waals surface area contributed by atoms with Crippen LogP contribution in [0.5, 0.6) is 23.0 Å². The summed E-state index contributed by atoms with van der Waals surface area (Å²) < 4.78 is 18.9. The van der Waals surface area contributed by atoms with E-state index in [2.05, 4.69) is 235 Å². The summed E-state index contributed by atoms with van der Waals surface area (Å²) in [5, 5.41) is 9.77. The second-order valence-electron chi connectivity index (χ2n) is 18.6. The Labute approximate surface area is 412 Å². The highest BCUT2D eigenvalue weighted by Crippen LogP contribution is 2.46. The smallest absolute Gasteiger partial charge is 0.260 e. The average molecular weight is 931 g/mol. The summed E-state index contributed by atoms with van der Waals surface area (Å²) in [6.45, 7) is 2.08. The lowest BCUT2D eigenvalue weighted by Gasteiger charge is -2.33. The van der Waals surface area contributed by atoms with E-state index in [0.717, 1.165) is 68.1 Å². The van der Waals surface area contributed by atoms with E-state index in [0.29, 0.717) is 0 Å². The fraction of sp³-hybridized carbons (Fsp3) is 0.0159. The van der Waals surface area contributed by atoms with Crippen molar-refractivity contribution >= 4 is 142 Å². The van der Waals surface area contributed by atoms with Crippen LogP contribution in [0.2, 0.25) is 0 Å².